The van der Waals surface area contributed by atoms with E-state index in [-0.39, 0.29) is 15.9 Å². The predicted octanol–water partition coefficient (Wildman–Crippen LogP) is 4.22. The highest BCUT2D eigenvalue weighted by Crippen LogP contribution is 2.22. The van der Waals surface area contributed by atoms with E-state index in [9.17, 15) is 9.18 Å². The molecule has 1 amide bonds. The van der Waals surface area contributed by atoms with Crippen LogP contribution in [0.2, 0.25) is 0 Å². The number of rotatable bonds is 3. The highest BCUT2D eigenvalue weighted by atomic mass is 79.9. The SMILES string of the molecule is CN(Cc1ccc(Br)o1)C(=O)c1cccc(F)c1Br. The number of carbonyl (C=O) groups is 1. The molecule has 0 spiro atoms. The van der Waals surface area contributed by atoms with Gasteiger partial charge in [0, 0.05) is 7.05 Å². The maximum Gasteiger partial charge on any atom is 0.255 e. The number of furan rings is 1. The van der Waals surface area contributed by atoms with Crippen LogP contribution in [-0.2, 0) is 6.54 Å². The molecule has 0 saturated carbocycles. The maximum absolute atomic E-state index is 13.4. The number of carbonyl (C=O) groups excluding carboxylic acids is 1. The molecule has 6 heteroatoms. The van der Waals surface area contributed by atoms with Crippen molar-refractivity contribution in [1.29, 1.82) is 0 Å². The van der Waals surface area contributed by atoms with Gasteiger partial charge in [-0.15, -0.1) is 0 Å². The van der Waals surface area contributed by atoms with Crippen LogP contribution in [-0.4, -0.2) is 17.9 Å². The van der Waals surface area contributed by atoms with Gasteiger partial charge in [-0.25, -0.2) is 4.39 Å². The zero-order chi connectivity index (χ0) is 14.0. The fourth-order valence-electron chi connectivity index (χ4n) is 1.62. The van der Waals surface area contributed by atoms with Gasteiger partial charge in [0.05, 0.1) is 16.6 Å². The topological polar surface area (TPSA) is 33.5 Å². The number of hydrogen-bond donors (Lipinski definition) is 0. The van der Waals surface area contributed by atoms with Gasteiger partial charge in [-0.05, 0) is 56.1 Å². The van der Waals surface area contributed by atoms with Gasteiger partial charge in [-0.3, -0.25) is 4.79 Å². The van der Waals surface area contributed by atoms with E-state index in [1.165, 1.54) is 17.0 Å². The molecular formula is C13H10Br2FNO2. The summed E-state index contributed by atoms with van der Waals surface area (Å²) in [5.74, 6) is -0.0888. The summed E-state index contributed by atoms with van der Waals surface area (Å²) in [6.45, 7) is 0.313. The number of benzene rings is 1. The maximum atomic E-state index is 13.4. The van der Waals surface area contributed by atoms with Gasteiger partial charge in [0.1, 0.15) is 11.6 Å². The van der Waals surface area contributed by atoms with Crippen molar-refractivity contribution in [3.05, 3.63) is 56.6 Å². The third kappa shape index (κ3) is 3.25. The molecule has 2 rings (SSSR count). The molecule has 0 aliphatic rings. The lowest BCUT2D eigenvalue weighted by Crippen LogP contribution is -2.26. The van der Waals surface area contributed by atoms with Crippen LogP contribution in [0.15, 0.2) is 43.9 Å². The molecule has 1 aromatic carbocycles. The Morgan fingerprint density at radius 1 is 1.32 bits per heavy atom. The molecule has 19 heavy (non-hydrogen) atoms. The van der Waals surface area contributed by atoms with Crippen molar-refractivity contribution >= 4 is 37.8 Å². The summed E-state index contributed by atoms with van der Waals surface area (Å²) in [6.07, 6.45) is 0. The van der Waals surface area contributed by atoms with E-state index in [4.69, 9.17) is 4.42 Å². The first-order valence-electron chi connectivity index (χ1n) is 5.42. The molecule has 0 radical (unpaired) electrons. The molecular weight excluding hydrogens is 381 g/mol. The molecule has 0 fully saturated rings. The number of hydrogen-bond acceptors (Lipinski definition) is 2. The molecule has 0 aliphatic heterocycles. The van der Waals surface area contributed by atoms with Gasteiger partial charge >= 0.3 is 0 Å². The Labute approximate surface area is 126 Å². The van der Waals surface area contributed by atoms with Crippen LogP contribution in [0.25, 0.3) is 0 Å². The fourth-order valence-corrected chi connectivity index (χ4v) is 2.39. The van der Waals surface area contributed by atoms with Gasteiger partial charge < -0.3 is 9.32 Å². The fraction of sp³-hybridized carbons (Fsp3) is 0.154. The third-order valence-corrected chi connectivity index (χ3v) is 3.78. The summed E-state index contributed by atoms with van der Waals surface area (Å²) in [7, 11) is 1.64. The second-order valence-electron chi connectivity index (χ2n) is 3.97. The Bertz CT molecular complexity index is 612. The van der Waals surface area contributed by atoms with Crippen LogP contribution in [0.4, 0.5) is 4.39 Å². The summed E-state index contributed by atoms with van der Waals surface area (Å²) < 4.78 is 19.5. The van der Waals surface area contributed by atoms with Gasteiger partial charge in [-0.1, -0.05) is 6.07 Å². The van der Waals surface area contributed by atoms with Crippen molar-refractivity contribution in [3.63, 3.8) is 0 Å². The molecule has 0 unspecified atom stereocenters. The first-order chi connectivity index (χ1) is 8.99. The molecule has 0 N–H and O–H groups in total. The molecule has 2 aromatic rings. The molecule has 1 aromatic heterocycles. The van der Waals surface area contributed by atoms with E-state index in [2.05, 4.69) is 31.9 Å². The van der Waals surface area contributed by atoms with E-state index in [1.54, 1.807) is 25.2 Å². The van der Waals surface area contributed by atoms with Crippen LogP contribution in [0, 0.1) is 5.82 Å². The Morgan fingerprint density at radius 3 is 2.68 bits per heavy atom. The van der Waals surface area contributed by atoms with Crippen LogP contribution < -0.4 is 0 Å². The molecule has 3 nitrogen and oxygen atoms in total. The molecule has 0 aliphatic carbocycles. The van der Waals surface area contributed by atoms with Crippen molar-refractivity contribution in [2.75, 3.05) is 7.05 Å². The van der Waals surface area contributed by atoms with Crippen molar-refractivity contribution in [2.24, 2.45) is 0 Å². The number of nitrogens with zero attached hydrogens (tertiary/aromatic N) is 1. The van der Waals surface area contributed by atoms with Crippen molar-refractivity contribution in [2.45, 2.75) is 6.54 Å². The monoisotopic (exact) mass is 389 g/mol. The summed E-state index contributed by atoms with van der Waals surface area (Å²) >= 11 is 6.28. The zero-order valence-electron chi connectivity index (χ0n) is 9.99. The molecule has 0 bridgehead atoms. The van der Waals surface area contributed by atoms with E-state index >= 15 is 0 Å². The predicted molar refractivity (Wildman–Crippen MR) is 76.3 cm³/mol. The van der Waals surface area contributed by atoms with Crippen LogP contribution in [0.3, 0.4) is 0 Å². The zero-order valence-corrected chi connectivity index (χ0v) is 13.2. The lowest BCUT2D eigenvalue weighted by molar-refractivity contribution is 0.0773. The van der Waals surface area contributed by atoms with Gasteiger partial charge in [0.15, 0.2) is 4.67 Å². The average molecular weight is 391 g/mol. The minimum atomic E-state index is -0.458. The molecule has 100 valence electrons. The second kappa shape index (κ2) is 5.88. The highest BCUT2D eigenvalue weighted by Gasteiger charge is 2.18. The Morgan fingerprint density at radius 2 is 2.05 bits per heavy atom. The lowest BCUT2D eigenvalue weighted by atomic mass is 10.2. The Balaban J connectivity index is 2.17. The van der Waals surface area contributed by atoms with Crippen LogP contribution in [0.1, 0.15) is 16.1 Å². The van der Waals surface area contributed by atoms with E-state index in [0.29, 0.717) is 17.0 Å². The third-order valence-electron chi connectivity index (χ3n) is 2.55. The van der Waals surface area contributed by atoms with Crippen molar-refractivity contribution in [1.82, 2.24) is 4.90 Å². The Kier molecular flexibility index (Phi) is 4.42. The summed E-state index contributed by atoms with van der Waals surface area (Å²) in [4.78, 5) is 13.7. The first kappa shape index (κ1) is 14.3. The van der Waals surface area contributed by atoms with Crippen LogP contribution in [0.5, 0.6) is 0 Å². The molecule has 0 saturated heterocycles. The van der Waals surface area contributed by atoms with E-state index < -0.39 is 5.82 Å². The first-order valence-corrected chi connectivity index (χ1v) is 7.01. The van der Waals surface area contributed by atoms with E-state index in [0.717, 1.165) is 0 Å². The normalized spacial score (nSPS) is 10.5. The number of amides is 1. The second-order valence-corrected chi connectivity index (χ2v) is 5.54. The number of halogens is 3. The smallest absolute Gasteiger partial charge is 0.255 e. The summed E-state index contributed by atoms with van der Waals surface area (Å²) in [5, 5.41) is 0. The van der Waals surface area contributed by atoms with Gasteiger partial charge in [0.2, 0.25) is 0 Å². The average Bonchev–Trinajstić information content (AvgIpc) is 2.77. The minimum absolute atomic E-state index is 0.174. The Hall–Kier alpha value is -1.14. The van der Waals surface area contributed by atoms with Crippen molar-refractivity contribution in [3.8, 4) is 0 Å². The van der Waals surface area contributed by atoms with E-state index in [1.807, 2.05) is 0 Å². The summed E-state index contributed by atoms with van der Waals surface area (Å²) in [5.41, 5.74) is 0.285. The molecule has 0 atom stereocenters. The minimum Gasteiger partial charge on any atom is -0.452 e. The van der Waals surface area contributed by atoms with Gasteiger partial charge in [-0.2, -0.15) is 0 Å². The highest BCUT2D eigenvalue weighted by molar-refractivity contribution is 9.10. The molecule has 1 heterocycles. The summed E-state index contributed by atoms with van der Waals surface area (Å²) in [6, 6.07) is 7.90. The van der Waals surface area contributed by atoms with Gasteiger partial charge in [0.25, 0.3) is 5.91 Å². The van der Waals surface area contributed by atoms with Crippen molar-refractivity contribution < 1.29 is 13.6 Å². The van der Waals surface area contributed by atoms with Crippen LogP contribution >= 0.6 is 31.9 Å². The standard InChI is InChI=1S/C13H10Br2FNO2/c1-17(7-8-5-6-11(14)19-8)13(18)9-3-2-4-10(16)12(9)15/h2-6H,7H2,1H3. The lowest BCUT2D eigenvalue weighted by Gasteiger charge is -2.16. The quantitative estimate of drug-likeness (QED) is 0.786. The largest absolute Gasteiger partial charge is 0.452 e.